The van der Waals surface area contributed by atoms with E-state index >= 15 is 0 Å². The van der Waals surface area contributed by atoms with Gasteiger partial charge in [-0.2, -0.15) is 0 Å². The molecule has 1 aliphatic heterocycles. The van der Waals surface area contributed by atoms with Crippen LogP contribution in [0.4, 0.5) is 0 Å². The van der Waals surface area contributed by atoms with Crippen LogP contribution in [0.2, 0.25) is 0 Å². The number of hydrogen-bond acceptors (Lipinski definition) is 3. The summed E-state index contributed by atoms with van der Waals surface area (Å²) in [6.07, 6.45) is 8.02. The lowest BCUT2D eigenvalue weighted by Gasteiger charge is -2.35. The molecule has 0 spiro atoms. The summed E-state index contributed by atoms with van der Waals surface area (Å²) in [7, 11) is 1.89. The van der Waals surface area contributed by atoms with E-state index in [0.717, 1.165) is 31.3 Å². The van der Waals surface area contributed by atoms with Gasteiger partial charge in [0.15, 0.2) is 0 Å². The van der Waals surface area contributed by atoms with Crippen LogP contribution in [0.25, 0.3) is 10.9 Å². The molecular weight excluding hydrogens is 378 g/mol. The average molecular weight is 408 g/mol. The molecule has 0 N–H and O–H groups in total. The van der Waals surface area contributed by atoms with Gasteiger partial charge in [0.1, 0.15) is 5.69 Å². The molecule has 1 atom stereocenters. The maximum Gasteiger partial charge on any atom is 0.307 e. The lowest BCUT2D eigenvalue weighted by molar-refractivity contribution is -0.144. The maximum absolute atomic E-state index is 12.9. The van der Waals surface area contributed by atoms with Gasteiger partial charge >= 0.3 is 5.97 Å². The summed E-state index contributed by atoms with van der Waals surface area (Å²) in [5.74, 6) is -0.123. The van der Waals surface area contributed by atoms with Crippen LogP contribution < -0.4 is 0 Å². The van der Waals surface area contributed by atoms with Gasteiger partial charge < -0.3 is 18.8 Å². The molecule has 1 unspecified atom stereocenters. The number of likely N-dealkylation sites (tertiary alicyclic amines) is 1. The largest absolute Gasteiger partial charge is 0.466 e. The van der Waals surface area contributed by atoms with Crippen LogP contribution >= 0.6 is 0 Å². The zero-order chi connectivity index (χ0) is 20.9. The van der Waals surface area contributed by atoms with E-state index < -0.39 is 0 Å². The van der Waals surface area contributed by atoms with Crippen LogP contribution in [0.15, 0.2) is 54.9 Å². The number of amides is 1. The molecule has 1 fully saturated rings. The monoisotopic (exact) mass is 407 g/mol. The summed E-state index contributed by atoms with van der Waals surface area (Å²) in [6.45, 7) is 1.73. The summed E-state index contributed by atoms with van der Waals surface area (Å²) in [6, 6.07) is 14.1. The number of carbonyl (C=O) groups excluding carboxylic acids is 2. The SMILES string of the molecule is Cn1cccc1C(=O)N1CCCCC1CCOC(=O)CCn1ccc2ccccc21. The number of carbonyl (C=O) groups is 2. The molecule has 30 heavy (non-hydrogen) atoms. The van der Waals surface area contributed by atoms with E-state index in [1.807, 2.05) is 53.2 Å². The maximum atomic E-state index is 12.9. The fourth-order valence-electron chi connectivity index (χ4n) is 4.33. The zero-order valence-corrected chi connectivity index (χ0v) is 17.5. The minimum absolute atomic E-state index is 0.0676. The van der Waals surface area contributed by atoms with E-state index in [2.05, 4.69) is 22.8 Å². The fraction of sp³-hybridized carbons (Fsp3) is 0.417. The lowest BCUT2D eigenvalue weighted by Crippen LogP contribution is -2.44. The third kappa shape index (κ3) is 4.42. The first-order chi connectivity index (χ1) is 14.6. The number of aryl methyl sites for hydroxylation is 2. The molecule has 3 heterocycles. The average Bonchev–Trinajstić information content (AvgIpc) is 3.38. The van der Waals surface area contributed by atoms with E-state index in [1.54, 1.807) is 0 Å². The number of benzene rings is 1. The first kappa shape index (κ1) is 20.3. The molecule has 6 nitrogen and oxygen atoms in total. The summed E-state index contributed by atoms with van der Waals surface area (Å²) >= 11 is 0. The van der Waals surface area contributed by atoms with Crippen molar-refractivity contribution < 1.29 is 14.3 Å². The van der Waals surface area contributed by atoms with Crippen molar-refractivity contribution in [3.8, 4) is 0 Å². The minimum Gasteiger partial charge on any atom is -0.466 e. The Bertz CT molecular complexity index is 1020. The molecule has 1 saturated heterocycles. The van der Waals surface area contributed by atoms with E-state index in [4.69, 9.17) is 4.74 Å². The predicted molar refractivity (Wildman–Crippen MR) is 116 cm³/mol. The first-order valence-corrected chi connectivity index (χ1v) is 10.8. The molecule has 1 amide bonds. The number of nitrogens with zero attached hydrogens (tertiary/aromatic N) is 3. The van der Waals surface area contributed by atoms with Gasteiger partial charge in [0.05, 0.1) is 13.0 Å². The highest BCUT2D eigenvalue weighted by molar-refractivity contribution is 5.93. The smallest absolute Gasteiger partial charge is 0.307 e. The number of ether oxygens (including phenoxy) is 1. The van der Waals surface area contributed by atoms with E-state index in [1.165, 1.54) is 5.39 Å². The second-order valence-corrected chi connectivity index (χ2v) is 7.98. The summed E-state index contributed by atoms with van der Waals surface area (Å²) in [5.41, 5.74) is 1.83. The Morgan fingerprint density at radius 3 is 2.77 bits per heavy atom. The second-order valence-electron chi connectivity index (χ2n) is 7.98. The van der Waals surface area contributed by atoms with Gasteiger partial charge in [-0.05, 0) is 48.9 Å². The van der Waals surface area contributed by atoms with E-state index in [-0.39, 0.29) is 17.9 Å². The van der Waals surface area contributed by atoms with Crippen molar-refractivity contribution in [2.75, 3.05) is 13.2 Å². The van der Waals surface area contributed by atoms with Crippen LogP contribution in [0.3, 0.4) is 0 Å². The molecule has 2 aromatic heterocycles. The number of aromatic nitrogens is 2. The van der Waals surface area contributed by atoms with Gasteiger partial charge in [-0.25, -0.2) is 0 Å². The molecule has 1 aliphatic rings. The van der Waals surface area contributed by atoms with Gasteiger partial charge in [0, 0.05) is 50.5 Å². The van der Waals surface area contributed by atoms with Gasteiger partial charge in [-0.1, -0.05) is 18.2 Å². The topological polar surface area (TPSA) is 56.5 Å². The molecule has 3 aromatic rings. The van der Waals surface area contributed by atoms with Gasteiger partial charge in [-0.3, -0.25) is 9.59 Å². The van der Waals surface area contributed by atoms with Gasteiger partial charge in [-0.15, -0.1) is 0 Å². The number of hydrogen-bond donors (Lipinski definition) is 0. The minimum atomic E-state index is -0.191. The third-order valence-electron chi connectivity index (χ3n) is 6.00. The van der Waals surface area contributed by atoms with Gasteiger partial charge in [0.2, 0.25) is 0 Å². The summed E-state index contributed by atoms with van der Waals surface area (Å²) < 4.78 is 9.44. The Morgan fingerprint density at radius 1 is 1.07 bits per heavy atom. The number of rotatable bonds is 7. The summed E-state index contributed by atoms with van der Waals surface area (Å²) in [5, 5.41) is 1.17. The van der Waals surface area contributed by atoms with Crippen LogP contribution in [0, 0.1) is 0 Å². The van der Waals surface area contributed by atoms with Crippen molar-refractivity contribution in [1.29, 1.82) is 0 Å². The Labute approximate surface area is 177 Å². The standard InChI is InChI=1S/C24H29N3O3/c1-25-14-6-10-22(25)24(29)27-15-5-4-8-20(27)13-18-30-23(28)12-17-26-16-11-19-7-2-3-9-21(19)26/h2-3,6-7,9-11,14,16,20H,4-5,8,12-13,15,17-18H2,1H3. The lowest BCUT2D eigenvalue weighted by atomic mass is 9.99. The predicted octanol–water partition coefficient (Wildman–Crippen LogP) is 4.00. The molecule has 0 saturated carbocycles. The van der Waals surface area contributed by atoms with Crippen LogP contribution in [-0.2, 0) is 23.1 Å². The van der Waals surface area contributed by atoms with Crippen molar-refractivity contribution in [2.45, 2.75) is 44.7 Å². The zero-order valence-electron chi connectivity index (χ0n) is 17.5. The number of piperidine rings is 1. The Morgan fingerprint density at radius 2 is 1.93 bits per heavy atom. The normalized spacial score (nSPS) is 16.7. The molecule has 6 heteroatoms. The first-order valence-electron chi connectivity index (χ1n) is 10.8. The number of fused-ring (bicyclic) bond motifs is 1. The number of para-hydroxylation sites is 1. The molecule has 4 rings (SSSR count). The fourth-order valence-corrected chi connectivity index (χ4v) is 4.33. The highest BCUT2D eigenvalue weighted by Crippen LogP contribution is 2.22. The second kappa shape index (κ2) is 9.20. The van der Waals surface area contributed by atoms with Crippen LogP contribution in [0.5, 0.6) is 0 Å². The Kier molecular flexibility index (Phi) is 6.21. The van der Waals surface area contributed by atoms with Crippen molar-refractivity contribution in [1.82, 2.24) is 14.0 Å². The molecule has 1 aromatic carbocycles. The van der Waals surface area contributed by atoms with E-state index in [0.29, 0.717) is 31.7 Å². The molecule has 0 radical (unpaired) electrons. The quantitative estimate of drug-likeness (QED) is 0.556. The van der Waals surface area contributed by atoms with Crippen molar-refractivity contribution in [2.24, 2.45) is 7.05 Å². The Hall–Kier alpha value is -3.02. The molecular formula is C24H29N3O3. The van der Waals surface area contributed by atoms with E-state index in [9.17, 15) is 9.59 Å². The molecule has 0 bridgehead atoms. The Balaban J connectivity index is 1.26. The van der Waals surface area contributed by atoms with Gasteiger partial charge in [0.25, 0.3) is 5.91 Å². The van der Waals surface area contributed by atoms with Crippen molar-refractivity contribution >= 4 is 22.8 Å². The third-order valence-corrected chi connectivity index (χ3v) is 6.00. The number of esters is 1. The highest BCUT2D eigenvalue weighted by atomic mass is 16.5. The van der Waals surface area contributed by atoms with Crippen LogP contribution in [0.1, 0.15) is 42.6 Å². The van der Waals surface area contributed by atoms with Crippen LogP contribution in [-0.4, -0.2) is 45.1 Å². The molecule has 158 valence electrons. The van der Waals surface area contributed by atoms with Crippen molar-refractivity contribution in [3.63, 3.8) is 0 Å². The summed E-state index contributed by atoms with van der Waals surface area (Å²) in [4.78, 5) is 27.1. The van der Waals surface area contributed by atoms with Crippen molar-refractivity contribution in [3.05, 3.63) is 60.6 Å². The molecule has 0 aliphatic carbocycles. The highest BCUT2D eigenvalue weighted by Gasteiger charge is 2.28.